The van der Waals surface area contributed by atoms with Crippen LogP contribution in [0.2, 0.25) is 0 Å². The molecule has 0 spiro atoms. The van der Waals surface area contributed by atoms with Crippen molar-refractivity contribution in [3.05, 3.63) is 0 Å². The van der Waals surface area contributed by atoms with Crippen LogP contribution in [0.1, 0.15) is 33.6 Å². The molecule has 1 atom stereocenters. The molecule has 1 unspecified atom stereocenters. The van der Waals surface area contributed by atoms with Crippen molar-refractivity contribution in [2.75, 3.05) is 59.9 Å². The molecule has 1 N–H and O–H groups in total. The van der Waals surface area contributed by atoms with E-state index >= 15 is 0 Å². The highest BCUT2D eigenvalue weighted by Gasteiger charge is 2.42. The maximum atomic E-state index is 13.0. The fraction of sp³-hybridized carbons (Fsp3) is 0.944. The van der Waals surface area contributed by atoms with Crippen LogP contribution in [0, 0.1) is 11.3 Å². The summed E-state index contributed by atoms with van der Waals surface area (Å²) in [6.07, 6.45) is 1.96. The van der Waals surface area contributed by atoms with Gasteiger partial charge in [-0.1, -0.05) is 13.8 Å². The summed E-state index contributed by atoms with van der Waals surface area (Å²) >= 11 is 0. The number of likely N-dealkylation sites (N-methyl/N-ethyl adjacent to an activating group) is 1. The number of piperazine rings is 1. The average Bonchev–Trinajstić information content (AvgIpc) is 2.51. The number of hydrogen-bond donors (Lipinski definition) is 1. The molecule has 2 heterocycles. The zero-order chi connectivity index (χ0) is 17.0. The summed E-state index contributed by atoms with van der Waals surface area (Å²) in [4.78, 5) is 20.3. The van der Waals surface area contributed by atoms with Crippen molar-refractivity contribution in [2.45, 2.75) is 39.7 Å². The van der Waals surface area contributed by atoms with Crippen LogP contribution in [0.15, 0.2) is 0 Å². The van der Waals surface area contributed by atoms with Gasteiger partial charge < -0.3 is 15.1 Å². The lowest BCUT2D eigenvalue weighted by Crippen LogP contribution is -2.58. The summed E-state index contributed by atoms with van der Waals surface area (Å²) in [7, 11) is 4.36. The standard InChI is InChI=1S/C18H36N4O/c1-15(2)12-19-17(23)18(6-8-20(4)9-7-18)14-22-11-10-21(5)16(3)13-22/h15-16H,6-14H2,1-5H3,(H,19,23). The number of carbonyl (C=O) groups is 1. The van der Waals surface area contributed by atoms with Crippen molar-refractivity contribution in [2.24, 2.45) is 11.3 Å². The van der Waals surface area contributed by atoms with Gasteiger partial charge in [-0.05, 0) is 52.9 Å². The number of likely N-dealkylation sites (tertiary alicyclic amines) is 1. The van der Waals surface area contributed by atoms with E-state index in [0.717, 1.165) is 58.7 Å². The molecular formula is C18H36N4O. The van der Waals surface area contributed by atoms with Gasteiger partial charge in [0, 0.05) is 38.8 Å². The van der Waals surface area contributed by atoms with Gasteiger partial charge in [0.15, 0.2) is 0 Å². The summed E-state index contributed by atoms with van der Waals surface area (Å²) in [6.45, 7) is 13.6. The molecule has 0 aliphatic carbocycles. The molecule has 0 aromatic heterocycles. The highest BCUT2D eigenvalue weighted by Crippen LogP contribution is 2.33. The Balaban J connectivity index is 2.03. The molecule has 23 heavy (non-hydrogen) atoms. The van der Waals surface area contributed by atoms with Crippen LogP contribution < -0.4 is 5.32 Å². The smallest absolute Gasteiger partial charge is 0.227 e. The fourth-order valence-electron chi connectivity index (χ4n) is 3.68. The van der Waals surface area contributed by atoms with E-state index in [2.05, 4.69) is 54.9 Å². The molecule has 2 aliphatic rings. The first-order valence-corrected chi connectivity index (χ1v) is 9.22. The molecule has 0 radical (unpaired) electrons. The van der Waals surface area contributed by atoms with Gasteiger partial charge in [-0.3, -0.25) is 9.69 Å². The van der Waals surface area contributed by atoms with Crippen LogP contribution in [0.5, 0.6) is 0 Å². The van der Waals surface area contributed by atoms with E-state index in [9.17, 15) is 4.79 Å². The lowest BCUT2D eigenvalue weighted by atomic mass is 9.76. The van der Waals surface area contributed by atoms with Gasteiger partial charge >= 0.3 is 0 Å². The Morgan fingerprint density at radius 1 is 1.17 bits per heavy atom. The predicted octanol–water partition coefficient (Wildman–Crippen LogP) is 1.11. The van der Waals surface area contributed by atoms with Gasteiger partial charge in [0.05, 0.1) is 5.41 Å². The van der Waals surface area contributed by atoms with Crippen molar-refractivity contribution in [1.29, 1.82) is 0 Å². The summed E-state index contributed by atoms with van der Waals surface area (Å²) < 4.78 is 0. The maximum Gasteiger partial charge on any atom is 0.227 e. The largest absolute Gasteiger partial charge is 0.355 e. The number of carbonyl (C=O) groups excluding carboxylic acids is 1. The topological polar surface area (TPSA) is 38.8 Å². The molecule has 0 saturated carbocycles. The second kappa shape index (κ2) is 7.95. The Bertz CT molecular complexity index is 390. The van der Waals surface area contributed by atoms with Crippen molar-refractivity contribution < 1.29 is 4.79 Å². The van der Waals surface area contributed by atoms with Crippen molar-refractivity contribution >= 4 is 5.91 Å². The highest BCUT2D eigenvalue weighted by molar-refractivity contribution is 5.83. The highest BCUT2D eigenvalue weighted by atomic mass is 16.2. The fourth-order valence-corrected chi connectivity index (χ4v) is 3.68. The van der Waals surface area contributed by atoms with Crippen molar-refractivity contribution in [1.82, 2.24) is 20.0 Å². The van der Waals surface area contributed by atoms with Gasteiger partial charge in [-0.15, -0.1) is 0 Å². The normalized spacial score (nSPS) is 27.3. The maximum absolute atomic E-state index is 13.0. The third-order valence-corrected chi connectivity index (χ3v) is 5.67. The van der Waals surface area contributed by atoms with Crippen LogP contribution in [0.3, 0.4) is 0 Å². The van der Waals surface area contributed by atoms with E-state index in [1.807, 2.05) is 0 Å². The van der Waals surface area contributed by atoms with Gasteiger partial charge in [-0.25, -0.2) is 0 Å². The molecule has 2 rings (SSSR count). The molecule has 0 aromatic carbocycles. The minimum atomic E-state index is -0.197. The molecule has 2 aliphatic heterocycles. The summed E-state index contributed by atoms with van der Waals surface area (Å²) in [6, 6.07) is 0.575. The molecule has 0 bridgehead atoms. The van der Waals surface area contributed by atoms with Gasteiger partial charge in [-0.2, -0.15) is 0 Å². The Morgan fingerprint density at radius 3 is 2.39 bits per heavy atom. The van der Waals surface area contributed by atoms with Crippen LogP contribution in [-0.4, -0.2) is 86.6 Å². The predicted molar refractivity (Wildman–Crippen MR) is 95.5 cm³/mol. The number of piperidine rings is 1. The van der Waals surface area contributed by atoms with E-state index in [4.69, 9.17) is 0 Å². The van der Waals surface area contributed by atoms with Gasteiger partial charge in [0.25, 0.3) is 0 Å². The monoisotopic (exact) mass is 324 g/mol. The Hall–Kier alpha value is -0.650. The molecule has 1 amide bonds. The van der Waals surface area contributed by atoms with Crippen LogP contribution in [0.4, 0.5) is 0 Å². The van der Waals surface area contributed by atoms with Crippen LogP contribution >= 0.6 is 0 Å². The first-order chi connectivity index (χ1) is 10.8. The Morgan fingerprint density at radius 2 is 1.83 bits per heavy atom. The molecular weight excluding hydrogens is 288 g/mol. The zero-order valence-corrected chi connectivity index (χ0v) is 15.8. The number of nitrogens with one attached hydrogen (secondary N) is 1. The van der Waals surface area contributed by atoms with Crippen LogP contribution in [0.25, 0.3) is 0 Å². The number of hydrogen-bond acceptors (Lipinski definition) is 4. The number of rotatable bonds is 5. The first kappa shape index (κ1) is 18.7. The lowest BCUT2D eigenvalue weighted by molar-refractivity contribution is -0.136. The summed E-state index contributed by atoms with van der Waals surface area (Å²) in [5, 5.41) is 3.22. The Labute approximate surface area is 142 Å². The third-order valence-electron chi connectivity index (χ3n) is 5.67. The molecule has 134 valence electrons. The minimum absolute atomic E-state index is 0.197. The van der Waals surface area contributed by atoms with E-state index in [-0.39, 0.29) is 11.3 Å². The van der Waals surface area contributed by atoms with Gasteiger partial charge in [0.2, 0.25) is 5.91 Å². The average molecular weight is 325 g/mol. The second-order valence-electron chi connectivity index (χ2n) is 8.25. The third kappa shape index (κ3) is 4.91. The minimum Gasteiger partial charge on any atom is -0.355 e. The number of nitrogens with zero attached hydrogens (tertiary/aromatic N) is 3. The van der Waals surface area contributed by atoms with Crippen molar-refractivity contribution in [3.8, 4) is 0 Å². The first-order valence-electron chi connectivity index (χ1n) is 9.22. The lowest BCUT2D eigenvalue weighted by Gasteiger charge is -2.45. The summed E-state index contributed by atoms with van der Waals surface area (Å²) in [5.41, 5.74) is -0.197. The number of amides is 1. The van der Waals surface area contributed by atoms with E-state index in [0.29, 0.717) is 12.0 Å². The molecule has 0 aromatic rings. The molecule has 2 saturated heterocycles. The van der Waals surface area contributed by atoms with E-state index in [1.54, 1.807) is 0 Å². The zero-order valence-electron chi connectivity index (χ0n) is 15.8. The molecule has 2 fully saturated rings. The Kier molecular flexibility index (Phi) is 6.46. The quantitative estimate of drug-likeness (QED) is 0.822. The second-order valence-corrected chi connectivity index (χ2v) is 8.25. The van der Waals surface area contributed by atoms with E-state index in [1.165, 1.54) is 0 Å². The molecule has 5 heteroatoms. The molecule has 5 nitrogen and oxygen atoms in total. The van der Waals surface area contributed by atoms with Crippen LogP contribution in [-0.2, 0) is 4.79 Å². The summed E-state index contributed by atoms with van der Waals surface area (Å²) in [5.74, 6) is 0.789. The van der Waals surface area contributed by atoms with Crippen molar-refractivity contribution in [3.63, 3.8) is 0 Å². The van der Waals surface area contributed by atoms with E-state index < -0.39 is 0 Å². The van der Waals surface area contributed by atoms with Gasteiger partial charge in [0.1, 0.15) is 0 Å². The SMILES string of the molecule is CC(C)CNC(=O)C1(CN2CCN(C)C(C)C2)CCN(C)CC1.